The van der Waals surface area contributed by atoms with E-state index in [1.54, 1.807) is 0 Å². The van der Waals surface area contributed by atoms with Crippen molar-refractivity contribution in [3.05, 3.63) is 0 Å². The van der Waals surface area contributed by atoms with Crippen molar-refractivity contribution < 1.29 is 4.79 Å². The van der Waals surface area contributed by atoms with Crippen LogP contribution in [0.5, 0.6) is 0 Å². The van der Waals surface area contributed by atoms with Gasteiger partial charge in [0.25, 0.3) is 0 Å². The lowest BCUT2D eigenvalue weighted by Crippen LogP contribution is -2.49. The third-order valence-electron chi connectivity index (χ3n) is 4.64. The Kier molecular flexibility index (Phi) is 3.56. The van der Waals surface area contributed by atoms with E-state index in [4.69, 9.17) is 0 Å². The molecule has 0 bridgehead atoms. The summed E-state index contributed by atoms with van der Waals surface area (Å²) in [6.07, 6.45) is 9.30. The second kappa shape index (κ2) is 4.77. The summed E-state index contributed by atoms with van der Waals surface area (Å²) in [6.45, 7) is 4.66. The molecule has 2 rings (SSSR count). The third kappa shape index (κ3) is 2.58. The zero-order chi connectivity index (χ0) is 11.6. The van der Waals surface area contributed by atoms with Crippen LogP contribution in [0, 0.1) is 11.8 Å². The van der Waals surface area contributed by atoms with Gasteiger partial charge in [-0.1, -0.05) is 20.3 Å². The zero-order valence-electron chi connectivity index (χ0n) is 10.7. The molecule has 2 heteroatoms. The second-order valence-electron chi connectivity index (χ2n) is 6.12. The van der Waals surface area contributed by atoms with Gasteiger partial charge >= 0.3 is 0 Å². The molecule has 1 N–H and O–H groups in total. The van der Waals surface area contributed by atoms with Crippen LogP contribution < -0.4 is 5.32 Å². The maximum Gasteiger partial charge on any atom is 0.220 e. The fourth-order valence-electron chi connectivity index (χ4n) is 3.40. The highest BCUT2D eigenvalue weighted by atomic mass is 16.1. The van der Waals surface area contributed by atoms with E-state index in [1.807, 2.05) is 0 Å². The van der Waals surface area contributed by atoms with Crippen LogP contribution in [0.4, 0.5) is 0 Å². The lowest BCUT2D eigenvalue weighted by molar-refractivity contribution is -0.123. The first-order valence-corrected chi connectivity index (χ1v) is 6.92. The van der Waals surface area contributed by atoms with Gasteiger partial charge in [0, 0.05) is 12.0 Å². The van der Waals surface area contributed by atoms with Crippen LogP contribution >= 0.6 is 0 Å². The van der Waals surface area contributed by atoms with Crippen LogP contribution in [0.2, 0.25) is 0 Å². The molecule has 0 aromatic carbocycles. The molecule has 0 atom stereocenters. The summed E-state index contributed by atoms with van der Waals surface area (Å²) < 4.78 is 0. The summed E-state index contributed by atoms with van der Waals surface area (Å²) >= 11 is 0. The summed E-state index contributed by atoms with van der Waals surface area (Å²) in [4.78, 5) is 11.7. The van der Waals surface area contributed by atoms with Gasteiger partial charge in [0.2, 0.25) is 5.91 Å². The summed E-state index contributed by atoms with van der Waals surface area (Å²) in [5, 5.41) is 3.31. The molecule has 1 spiro atoms. The molecule has 92 valence electrons. The topological polar surface area (TPSA) is 29.1 Å². The standard InChI is InChI=1S/C14H25NO/c1-11(2)12-6-9-14(10-7-12)8-4-3-5-13(16)15-14/h11-12H,3-10H2,1-2H3,(H,15,16). The number of hydrogen-bond donors (Lipinski definition) is 1. The number of rotatable bonds is 1. The van der Waals surface area contributed by atoms with Gasteiger partial charge in [-0.25, -0.2) is 0 Å². The van der Waals surface area contributed by atoms with E-state index in [2.05, 4.69) is 19.2 Å². The molecule has 1 saturated carbocycles. The molecule has 2 fully saturated rings. The molecule has 0 radical (unpaired) electrons. The number of carbonyl (C=O) groups is 1. The van der Waals surface area contributed by atoms with E-state index in [1.165, 1.54) is 38.5 Å². The molecule has 0 aromatic rings. The number of carbonyl (C=O) groups excluding carboxylic acids is 1. The maximum absolute atomic E-state index is 11.7. The Bertz CT molecular complexity index is 251. The highest BCUT2D eigenvalue weighted by Gasteiger charge is 2.37. The molecule has 2 aliphatic rings. The molecular weight excluding hydrogens is 198 g/mol. The lowest BCUT2D eigenvalue weighted by Gasteiger charge is -2.41. The molecular formula is C14H25NO. The van der Waals surface area contributed by atoms with E-state index in [0.29, 0.717) is 5.91 Å². The second-order valence-corrected chi connectivity index (χ2v) is 6.12. The van der Waals surface area contributed by atoms with Crippen molar-refractivity contribution in [1.29, 1.82) is 0 Å². The average molecular weight is 223 g/mol. The normalized spacial score (nSPS) is 36.2. The lowest BCUT2D eigenvalue weighted by atomic mass is 9.71. The number of amides is 1. The fraction of sp³-hybridized carbons (Fsp3) is 0.929. The van der Waals surface area contributed by atoms with Crippen LogP contribution in [-0.4, -0.2) is 11.4 Å². The summed E-state index contributed by atoms with van der Waals surface area (Å²) in [6, 6.07) is 0. The molecule has 16 heavy (non-hydrogen) atoms. The highest BCUT2D eigenvalue weighted by molar-refractivity contribution is 5.77. The van der Waals surface area contributed by atoms with Gasteiger partial charge in [-0.15, -0.1) is 0 Å². The van der Waals surface area contributed by atoms with Crippen molar-refractivity contribution in [3.63, 3.8) is 0 Å². The SMILES string of the molecule is CC(C)C1CCC2(CCCCC(=O)N2)CC1. The first kappa shape index (κ1) is 11.9. The molecule has 1 amide bonds. The monoisotopic (exact) mass is 223 g/mol. The summed E-state index contributed by atoms with van der Waals surface area (Å²) in [7, 11) is 0. The summed E-state index contributed by atoms with van der Waals surface area (Å²) in [5.74, 6) is 1.98. The van der Waals surface area contributed by atoms with Crippen molar-refractivity contribution in [3.8, 4) is 0 Å². The third-order valence-corrected chi connectivity index (χ3v) is 4.64. The van der Waals surface area contributed by atoms with Crippen LogP contribution in [-0.2, 0) is 4.79 Å². The minimum Gasteiger partial charge on any atom is -0.351 e. The minimum absolute atomic E-state index is 0.180. The van der Waals surface area contributed by atoms with E-state index < -0.39 is 0 Å². The predicted molar refractivity (Wildman–Crippen MR) is 66.1 cm³/mol. The van der Waals surface area contributed by atoms with Gasteiger partial charge in [0.05, 0.1) is 0 Å². The van der Waals surface area contributed by atoms with Crippen LogP contribution in [0.15, 0.2) is 0 Å². The Morgan fingerprint density at radius 1 is 1.19 bits per heavy atom. The Hall–Kier alpha value is -0.530. The molecule has 0 unspecified atom stereocenters. The molecule has 1 aliphatic carbocycles. The Labute approximate surface area is 99.2 Å². The van der Waals surface area contributed by atoms with Gasteiger partial charge in [-0.2, -0.15) is 0 Å². The Morgan fingerprint density at radius 3 is 2.50 bits per heavy atom. The smallest absolute Gasteiger partial charge is 0.220 e. The average Bonchev–Trinajstić information content (AvgIpc) is 2.41. The van der Waals surface area contributed by atoms with Gasteiger partial charge in [-0.05, 0) is 50.4 Å². The van der Waals surface area contributed by atoms with Gasteiger partial charge in [-0.3, -0.25) is 4.79 Å². The molecule has 2 nitrogen and oxygen atoms in total. The van der Waals surface area contributed by atoms with E-state index in [9.17, 15) is 4.79 Å². The van der Waals surface area contributed by atoms with Crippen molar-refractivity contribution in [2.24, 2.45) is 11.8 Å². The Morgan fingerprint density at radius 2 is 1.88 bits per heavy atom. The quantitative estimate of drug-likeness (QED) is 0.726. The molecule has 1 aliphatic heterocycles. The minimum atomic E-state index is 0.180. The predicted octanol–water partition coefficient (Wildman–Crippen LogP) is 3.26. The zero-order valence-corrected chi connectivity index (χ0v) is 10.7. The molecule has 1 saturated heterocycles. The first-order chi connectivity index (χ1) is 7.61. The fourth-order valence-corrected chi connectivity index (χ4v) is 3.40. The van der Waals surface area contributed by atoms with Crippen LogP contribution in [0.25, 0.3) is 0 Å². The van der Waals surface area contributed by atoms with Gasteiger partial charge < -0.3 is 5.32 Å². The maximum atomic E-state index is 11.7. The molecule has 1 heterocycles. The Balaban J connectivity index is 1.96. The van der Waals surface area contributed by atoms with E-state index >= 15 is 0 Å². The van der Waals surface area contributed by atoms with Gasteiger partial charge in [0.15, 0.2) is 0 Å². The van der Waals surface area contributed by atoms with Crippen molar-refractivity contribution >= 4 is 5.91 Å². The van der Waals surface area contributed by atoms with Crippen LogP contribution in [0.3, 0.4) is 0 Å². The summed E-state index contributed by atoms with van der Waals surface area (Å²) in [5.41, 5.74) is 0.180. The molecule has 0 aromatic heterocycles. The van der Waals surface area contributed by atoms with E-state index in [-0.39, 0.29) is 5.54 Å². The van der Waals surface area contributed by atoms with Crippen molar-refractivity contribution in [1.82, 2.24) is 5.32 Å². The largest absolute Gasteiger partial charge is 0.351 e. The van der Waals surface area contributed by atoms with E-state index in [0.717, 1.165) is 24.7 Å². The van der Waals surface area contributed by atoms with Crippen molar-refractivity contribution in [2.75, 3.05) is 0 Å². The first-order valence-electron chi connectivity index (χ1n) is 6.92. The van der Waals surface area contributed by atoms with Crippen LogP contribution in [0.1, 0.15) is 65.2 Å². The van der Waals surface area contributed by atoms with Gasteiger partial charge in [0.1, 0.15) is 0 Å². The number of hydrogen-bond acceptors (Lipinski definition) is 1. The number of nitrogens with one attached hydrogen (secondary N) is 1. The van der Waals surface area contributed by atoms with Crippen molar-refractivity contribution in [2.45, 2.75) is 70.8 Å². The highest BCUT2D eigenvalue weighted by Crippen LogP contribution is 2.39.